The lowest BCUT2D eigenvalue weighted by Crippen LogP contribution is -2.03. The van der Waals surface area contributed by atoms with Gasteiger partial charge in [0.2, 0.25) is 0 Å². The molecule has 0 saturated heterocycles. The van der Waals surface area contributed by atoms with Crippen LogP contribution in [0.3, 0.4) is 0 Å². The monoisotopic (exact) mass is 190 g/mol. The molecule has 0 atom stereocenters. The van der Waals surface area contributed by atoms with Crippen molar-refractivity contribution in [2.45, 2.75) is 20.3 Å². The van der Waals surface area contributed by atoms with Crippen molar-refractivity contribution < 1.29 is 9.53 Å². The van der Waals surface area contributed by atoms with Crippen LogP contribution in [-0.2, 0) is 16.0 Å². The highest BCUT2D eigenvalue weighted by atomic mass is 16.5. The van der Waals surface area contributed by atoms with E-state index in [9.17, 15) is 4.79 Å². The van der Waals surface area contributed by atoms with Crippen molar-refractivity contribution in [1.29, 1.82) is 0 Å². The molecule has 0 spiro atoms. The Labute approximate surface area is 84.2 Å². The van der Waals surface area contributed by atoms with Crippen LogP contribution >= 0.6 is 0 Å². The van der Waals surface area contributed by atoms with Gasteiger partial charge in [-0.1, -0.05) is 30.3 Å². The predicted octanol–water partition coefficient (Wildman–Crippen LogP) is 2.70. The summed E-state index contributed by atoms with van der Waals surface area (Å²) in [6.07, 6.45) is 1.80. The van der Waals surface area contributed by atoms with Crippen LogP contribution in [0.4, 0.5) is 0 Å². The third-order valence-corrected chi connectivity index (χ3v) is 1.62. The van der Waals surface area contributed by atoms with Gasteiger partial charge in [0.05, 0.1) is 12.7 Å². The Morgan fingerprint density at radius 3 is 2.50 bits per heavy atom. The molecule has 0 N–H and O–H groups in total. The molecule has 0 saturated carbocycles. The van der Waals surface area contributed by atoms with Gasteiger partial charge in [-0.3, -0.25) is 4.79 Å². The van der Waals surface area contributed by atoms with E-state index in [2.05, 4.69) is 0 Å². The van der Waals surface area contributed by atoms with E-state index < -0.39 is 0 Å². The summed E-state index contributed by atoms with van der Waals surface area (Å²) >= 11 is 0. The fourth-order valence-electron chi connectivity index (χ4n) is 0.988. The van der Waals surface area contributed by atoms with Crippen LogP contribution in [-0.4, -0.2) is 5.97 Å². The minimum Gasteiger partial charge on any atom is -0.434 e. The fraction of sp³-hybridized carbons (Fsp3) is 0.250. The first-order chi connectivity index (χ1) is 6.68. The van der Waals surface area contributed by atoms with E-state index in [1.54, 1.807) is 0 Å². The Hall–Kier alpha value is -1.57. The van der Waals surface area contributed by atoms with Crippen molar-refractivity contribution in [3.05, 3.63) is 47.7 Å². The molecule has 14 heavy (non-hydrogen) atoms. The van der Waals surface area contributed by atoms with Gasteiger partial charge < -0.3 is 4.74 Å². The lowest BCUT2D eigenvalue weighted by Gasteiger charge is -1.99. The number of benzene rings is 1. The summed E-state index contributed by atoms with van der Waals surface area (Å²) < 4.78 is 4.91. The number of hydrogen-bond acceptors (Lipinski definition) is 2. The minimum absolute atomic E-state index is 0.225. The maximum atomic E-state index is 11.3. The van der Waals surface area contributed by atoms with Crippen molar-refractivity contribution in [2.24, 2.45) is 0 Å². The quantitative estimate of drug-likeness (QED) is 0.541. The summed E-state index contributed by atoms with van der Waals surface area (Å²) in [5.74, 6) is -0.225. The van der Waals surface area contributed by atoms with Gasteiger partial charge in [0.25, 0.3) is 0 Å². The summed E-state index contributed by atoms with van der Waals surface area (Å²) in [6.45, 7) is 3.77. The SMILES string of the molecule is CC(C)=COC(=O)Cc1ccccc1. The van der Waals surface area contributed by atoms with E-state index in [0.29, 0.717) is 6.42 Å². The predicted molar refractivity (Wildman–Crippen MR) is 55.7 cm³/mol. The highest BCUT2D eigenvalue weighted by Crippen LogP contribution is 2.01. The second-order valence-electron chi connectivity index (χ2n) is 3.35. The van der Waals surface area contributed by atoms with Gasteiger partial charge >= 0.3 is 5.97 Å². The molecule has 0 radical (unpaired) electrons. The van der Waals surface area contributed by atoms with E-state index in [-0.39, 0.29) is 5.97 Å². The Morgan fingerprint density at radius 1 is 1.29 bits per heavy atom. The first-order valence-corrected chi connectivity index (χ1v) is 4.55. The van der Waals surface area contributed by atoms with Gasteiger partial charge in [0, 0.05) is 0 Å². The van der Waals surface area contributed by atoms with Crippen LogP contribution in [0.5, 0.6) is 0 Å². The summed E-state index contributed by atoms with van der Waals surface area (Å²) in [6, 6.07) is 9.55. The molecule has 1 rings (SSSR count). The van der Waals surface area contributed by atoms with Crippen molar-refractivity contribution in [3.8, 4) is 0 Å². The van der Waals surface area contributed by atoms with E-state index in [1.807, 2.05) is 44.2 Å². The lowest BCUT2D eigenvalue weighted by atomic mass is 10.2. The number of hydrogen-bond donors (Lipinski definition) is 0. The number of esters is 1. The fourth-order valence-corrected chi connectivity index (χ4v) is 0.988. The van der Waals surface area contributed by atoms with Crippen LogP contribution in [0.25, 0.3) is 0 Å². The van der Waals surface area contributed by atoms with Crippen LogP contribution in [0.15, 0.2) is 42.2 Å². The zero-order chi connectivity index (χ0) is 10.4. The average molecular weight is 190 g/mol. The van der Waals surface area contributed by atoms with Gasteiger partial charge in [-0.05, 0) is 25.0 Å². The highest BCUT2D eigenvalue weighted by Gasteiger charge is 2.01. The standard InChI is InChI=1S/C12H14O2/c1-10(2)9-14-12(13)8-11-6-4-3-5-7-11/h3-7,9H,8H2,1-2H3. The van der Waals surface area contributed by atoms with E-state index in [0.717, 1.165) is 11.1 Å². The molecule has 0 bridgehead atoms. The van der Waals surface area contributed by atoms with Gasteiger partial charge in [-0.2, -0.15) is 0 Å². The molecular formula is C12H14O2. The summed E-state index contributed by atoms with van der Waals surface area (Å²) in [7, 11) is 0. The smallest absolute Gasteiger partial charge is 0.315 e. The van der Waals surface area contributed by atoms with Crippen molar-refractivity contribution in [3.63, 3.8) is 0 Å². The van der Waals surface area contributed by atoms with Crippen LogP contribution in [0, 0.1) is 0 Å². The summed E-state index contributed by atoms with van der Waals surface area (Å²) in [5.41, 5.74) is 1.95. The molecule has 0 unspecified atom stereocenters. The molecule has 1 aromatic carbocycles. The molecule has 0 amide bonds. The topological polar surface area (TPSA) is 26.3 Å². The van der Waals surface area contributed by atoms with Crippen LogP contribution in [0.2, 0.25) is 0 Å². The Balaban J connectivity index is 2.46. The van der Waals surface area contributed by atoms with E-state index in [4.69, 9.17) is 4.74 Å². The summed E-state index contributed by atoms with van der Waals surface area (Å²) in [4.78, 5) is 11.3. The normalized spacial score (nSPS) is 9.29. The van der Waals surface area contributed by atoms with Crippen molar-refractivity contribution in [2.75, 3.05) is 0 Å². The highest BCUT2D eigenvalue weighted by molar-refractivity contribution is 5.73. The van der Waals surface area contributed by atoms with Gasteiger partial charge in [0.15, 0.2) is 0 Å². The molecule has 2 nitrogen and oxygen atoms in total. The number of carbonyl (C=O) groups is 1. The Bertz CT molecular complexity index is 321. The first-order valence-electron chi connectivity index (χ1n) is 4.55. The average Bonchev–Trinajstić information content (AvgIpc) is 2.16. The van der Waals surface area contributed by atoms with Gasteiger partial charge in [0.1, 0.15) is 0 Å². The lowest BCUT2D eigenvalue weighted by molar-refractivity contribution is -0.137. The second kappa shape index (κ2) is 5.22. The largest absolute Gasteiger partial charge is 0.434 e. The molecular weight excluding hydrogens is 176 g/mol. The molecule has 2 heteroatoms. The zero-order valence-corrected chi connectivity index (χ0v) is 8.49. The second-order valence-corrected chi connectivity index (χ2v) is 3.35. The number of rotatable bonds is 3. The Kier molecular flexibility index (Phi) is 3.92. The third kappa shape index (κ3) is 3.90. The molecule has 0 aliphatic heterocycles. The maximum Gasteiger partial charge on any atom is 0.315 e. The molecule has 0 aliphatic carbocycles. The molecule has 1 aromatic rings. The first kappa shape index (κ1) is 10.5. The van der Waals surface area contributed by atoms with Crippen LogP contribution in [0.1, 0.15) is 19.4 Å². The summed E-state index contributed by atoms with van der Waals surface area (Å²) in [5, 5.41) is 0. The van der Waals surface area contributed by atoms with E-state index >= 15 is 0 Å². The van der Waals surface area contributed by atoms with E-state index in [1.165, 1.54) is 6.26 Å². The van der Waals surface area contributed by atoms with Crippen molar-refractivity contribution >= 4 is 5.97 Å². The zero-order valence-electron chi connectivity index (χ0n) is 8.49. The number of allylic oxidation sites excluding steroid dienone is 1. The molecule has 0 fully saturated rings. The molecule has 0 heterocycles. The Morgan fingerprint density at radius 2 is 1.93 bits per heavy atom. The molecule has 0 aliphatic rings. The third-order valence-electron chi connectivity index (χ3n) is 1.62. The van der Waals surface area contributed by atoms with Gasteiger partial charge in [-0.25, -0.2) is 0 Å². The maximum absolute atomic E-state index is 11.3. The van der Waals surface area contributed by atoms with Crippen molar-refractivity contribution in [1.82, 2.24) is 0 Å². The molecule has 0 aromatic heterocycles. The number of ether oxygens (including phenoxy) is 1. The number of carbonyl (C=O) groups excluding carboxylic acids is 1. The van der Waals surface area contributed by atoms with Gasteiger partial charge in [-0.15, -0.1) is 0 Å². The van der Waals surface area contributed by atoms with Crippen LogP contribution < -0.4 is 0 Å². The molecule has 74 valence electrons. The minimum atomic E-state index is -0.225.